The minimum absolute atomic E-state index is 0.0580. The average molecular weight is 324 g/mol. The van der Waals surface area contributed by atoms with Crippen LogP contribution in [0.4, 0.5) is 10.5 Å². The number of benzene rings is 1. The lowest BCUT2D eigenvalue weighted by Gasteiger charge is -2.20. The number of methoxy groups -OCH3 is 1. The van der Waals surface area contributed by atoms with Crippen molar-refractivity contribution in [3.05, 3.63) is 28.2 Å². The van der Waals surface area contributed by atoms with Crippen LogP contribution in [-0.4, -0.2) is 32.3 Å². The second-order valence-electron chi connectivity index (χ2n) is 4.34. The third-order valence-corrected chi connectivity index (χ3v) is 3.61. The quantitative estimate of drug-likeness (QED) is 0.906. The van der Waals surface area contributed by atoms with Crippen LogP contribution >= 0.6 is 15.9 Å². The van der Waals surface area contributed by atoms with Crippen molar-refractivity contribution in [1.82, 2.24) is 5.32 Å². The van der Waals surface area contributed by atoms with Gasteiger partial charge in [0.2, 0.25) is 0 Å². The number of nitrogens with one attached hydrogen (secondary N) is 1. The molecule has 1 amide bonds. The number of anilines is 1. The van der Waals surface area contributed by atoms with Gasteiger partial charge < -0.3 is 15.0 Å². The van der Waals surface area contributed by atoms with Crippen LogP contribution in [0.15, 0.2) is 22.7 Å². The molecular formula is C13H14BrN3O2. The molecule has 100 valence electrons. The highest BCUT2D eigenvalue weighted by molar-refractivity contribution is 9.10. The Balaban J connectivity index is 2.09. The van der Waals surface area contributed by atoms with Gasteiger partial charge in [-0.1, -0.05) is 15.9 Å². The van der Waals surface area contributed by atoms with Crippen molar-refractivity contribution >= 4 is 27.7 Å². The van der Waals surface area contributed by atoms with E-state index in [-0.39, 0.29) is 6.04 Å². The van der Waals surface area contributed by atoms with E-state index in [2.05, 4.69) is 37.0 Å². The number of carbonyl (C=O) groups is 1. The van der Waals surface area contributed by atoms with Gasteiger partial charge in [0.1, 0.15) is 6.07 Å². The lowest BCUT2D eigenvalue weighted by atomic mass is 10.2. The van der Waals surface area contributed by atoms with Gasteiger partial charge in [-0.3, -0.25) is 0 Å². The summed E-state index contributed by atoms with van der Waals surface area (Å²) in [6.45, 7) is 1.50. The molecule has 1 aliphatic heterocycles. The van der Waals surface area contributed by atoms with E-state index in [1.165, 1.54) is 7.11 Å². The summed E-state index contributed by atoms with van der Waals surface area (Å²) in [5.74, 6) is 0. The number of nitriles is 1. The molecule has 19 heavy (non-hydrogen) atoms. The van der Waals surface area contributed by atoms with Gasteiger partial charge in [-0.15, -0.1) is 0 Å². The Kier molecular flexibility index (Phi) is 4.27. The van der Waals surface area contributed by atoms with Crippen molar-refractivity contribution in [3.8, 4) is 6.07 Å². The summed E-state index contributed by atoms with van der Waals surface area (Å²) in [6, 6.07) is 7.89. The average Bonchev–Trinajstić information content (AvgIpc) is 2.86. The molecule has 0 bridgehead atoms. The Labute approximate surface area is 120 Å². The fourth-order valence-corrected chi connectivity index (χ4v) is 2.56. The maximum atomic E-state index is 11.2. The van der Waals surface area contributed by atoms with Gasteiger partial charge in [-0.2, -0.15) is 5.26 Å². The Bertz CT molecular complexity index is 527. The van der Waals surface area contributed by atoms with Gasteiger partial charge in [0.15, 0.2) is 0 Å². The van der Waals surface area contributed by atoms with Crippen molar-refractivity contribution in [1.29, 1.82) is 5.26 Å². The van der Waals surface area contributed by atoms with Gasteiger partial charge in [0, 0.05) is 17.6 Å². The molecule has 1 atom stereocenters. The van der Waals surface area contributed by atoms with Crippen molar-refractivity contribution in [2.45, 2.75) is 12.5 Å². The molecule has 1 heterocycles. The van der Waals surface area contributed by atoms with Crippen LogP contribution < -0.4 is 10.2 Å². The summed E-state index contributed by atoms with van der Waals surface area (Å²) in [7, 11) is 1.35. The number of alkyl carbamates (subject to hydrolysis) is 1. The number of halogens is 1. The summed E-state index contributed by atoms with van der Waals surface area (Å²) in [4.78, 5) is 13.3. The number of carbonyl (C=O) groups excluding carboxylic acids is 1. The molecule has 1 saturated heterocycles. The maximum Gasteiger partial charge on any atom is 0.407 e. The Hall–Kier alpha value is -1.74. The minimum Gasteiger partial charge on any atom is -0.453 e. The van der Waals surface area contributed by atoms with E-state index in [1.807, 2.05) is 12.1 Å². The molecule has 1 fully saturated rings. The van der Waals surface area contributed by atoms with Gasteiger partial charge in [0.25, 0.3) is 0 Å². The highest BCUT2D eigenvalue weighted by atomic mass is 79.9. The predicted molar refractivity (Wildman–Crippen MR) is 75.0 cm³/mol. The summed E-state index contributed by atoms with van der Waals surface area (Å²) in [5, 5.41) is 11.9. The number of amides is 1. The molecule has 0 aromatic heterocycles. The zero-order valence-corrected chi connectivity index (χ0v) is 12.1. The lowest BCUT2D eigenvalue weighted by Crippen LogP contribution is -2.37. The SMILES string of the molecule is COC(=O)NC1CCN(c2ccc(Br)cc2C#N)C1. The normalized spacial score (nSPS) is 17.9. The summed E-state index contributed by atoms with van der Waals surface area (Å²) >= 11 is 3.36. The topological polar surface area (TPSA) is 65.4 Å². The van der Waals surface area contributed by atoms with Gasteiger partial charge >= 0.3 is 6.09 Å². The number of ether oxygens (including phenoxy) is 1. The highest BCUT2D eigenvalue weighted by Gasteiger charge is 2.25. The van der Waals surface area contributed by atoms with Crippen molar-refractivity contribution in [3.63, 3.8) is 0 Å². The van der Waals surface area contributed by atoms with Crippen LogP contribution in [-0.2, 0) is 4.74 Å². The van der Waals surface area contributed by atoms with Gasteiger partial charge in [-0.25, -0.2) is 4.79 Å². The van der Waals surface area contributed by atoms with Crippen molar-refractivity contribution in [2.75, 3.05) is 25.1 Å². The molecule has 1 aromatic rings. The fraction of sp³-hybridized carbons (Fsp3) is 0.385. The van der Waals surface area contributed by atoms with E-state index in [9.17, 15) is 4.79 Å². The number of rotatable bonds is 2. The van der Waals surface area contributed by atoms with E-state index in [0.717, 1.165) is 23.1 Å². The van der Waals surface area contributed by atoms with Crippen LogP contribution in [0.25, 0.3) is 0 Å². The maximum absolute atomic E-state index is 11.2. The highest BCUT2D eigenvalue weighted by Crippen LogP contribution is 2.27. The van der Waals surface area contributed by atoms with Crippen LogP contribution in [0.3, 0.4) is 0 Å². The number of hydrogen-bond acceptors (Lipinski definition) is 4. The molecule has 5 nitrogen and oxygen atoms in total. The summed E-state index contributed by atoms with van der Waals surface area (Å²) in [5.41, 5.74) is 1.54. The first kappa shape index (κ1) is 13.7. The van der Waals surface area contributed by atoms with Crippen LogP contribution in [0, 0.1) is 11.3 Å². The first-order valence-electron chi connectivity index (χ1n) is 5.93. The third kappa shape index (κ3) is 3.18. The van der Waals surface area contributed by atoms with Crippen molar-refractivity contribution in [2.24, 2.45) is 0 Å². The molecule has 6 heteroatoms. The molecule has 1 N–H and O–H groups in total. The third-order valence-electron chi connectivity index (χ3n) is 3.12. The molecule has 1 aliphatic rings. The molecule has 0 aliphatic carbocycles. The molecule has 0 saturated carbocycles. The van der Waals surface area contributed by atoms with Crippen LogP contribution in [0.5, 0.6) is 0 Å². The molecular weight excluding hydrogens is 310 g/mol. The second kappa shape index (κ2) is 5.93. The van der Waals surface area contributed by atoms with Gasteiger partial charge in [0.05, 0.1) is 24.4 Å². The van der Waals surface area contributed by atoms with Crippen LogP contribution in [0.1, 0.15) is 12.0 Å². The fourth-order valence-electron chi connectivity index (χ4n) is 2.20. The molecule has 1 unspecified atom stereocenters. The van der Waals surface area contributed by atoms with E-state index >= 15 is 0 Å². The first-order chi connectivity index (χ1) is 9.13. The Morgan fingerprint density at radius 1 is 1.63 bits per heavy atom. The molecule has 0 spiro atoms. The van der Waals surface area contributed by atoms with E-state index in [4.69, 9.17) is 5.26 Å². The number of nitrogens with zero attached hydrogens (tertiary/aromatic N) is 2. The zero-order chi connectivity index (χ0) is 13.8. The second-order valence-corrected chi connectivity index (χ2v) is 5.26. The summed E-state index contributed by atoms with van der Waals surface area (Å²) < 4.78 is 5.47. The number of hydrogen-bond donors (Lipinski definition) is 1. The Morgan fingerprint density at radius 3 is 3.11 bits per heavy atom. The molecule has 2 rings (SSSR count). The van der Waals surface area contributed by atoms with Gasteiger partial charge in [-0.05, 0) is 24.6 Å². The smallest absolute Gasteiger partial charge is 0.407 e. The Morgan fingerprint density at radius 2 is 2.42 bits per heavy atom. The first-order valence-corrected chi connectivity index (χ1v) is 6.72. The van der Waals surface area contributed by atoms with E-state index in [1.54, 1.807) is 6.07 Å². The molecule has 0 radical (unpaired) electrons. The summed E-state index contributed by atoms with van der Waals surface area (Å²) in [6.07, 6.45) is 0.430. The zero-order valence-electron chi connectivity index (χ0n) is 10.5. The van der Waals surface area contributed by atoms with E-state index < -0.39 is 6.09 Å². The van der Waals surface area contributed by atoms with Crippen molar-refractivity contribution < 1.29 is 9.53 Å². The monoisotopic (exact) mass is 323 g/mol. The minimum atomic E-state index is -0.414. The standard InChI is InChI=1S/C13H14BrN3O2/c1-19-13(18)16-11-4-5-17(8-11)12-3-2-10(14)6-9(12)7-15/h2-3,6,11H,4-5,8H2,1H3,(H,16,18). The lowest BCUT2D eigenvalue weighted by molar-refractivity contribution is 0.167. The molecule has 1 aromatic carbocycles. The largest absolute Gasteiger partial charge is 0.453 e. The predicted octanol–water partition coefficient (Wildman–Crippen LogP) is 2.26. The van der Waals surface area contributed by atoms with E-state index in [0.29, 0.717) is 12.1 Å². The van der Waals surface area contributed by atoms with Crippen LogP contribution in [0.2, 0.25) is 0 Å².